The van der Waals surface area contributed by atoms with Gasteiger partial charge >= 0.3 is 5.97 Å². The van der Waals surface area contributed by atoms with Crippen LogP contribution in [0.25, 0.3) is 0 Å². The number of fused-ring (bicyclic) bond motifs is 1. The molecule has 0 spiro atoms. The Morgan fingerprint density at radius 2 is 1.73 bits per heavy atom. The molecule has 1 aliphatic rings. The Morgan fingerprint density at radius 1 is 0.962 bits per heavy atom. The minimum absolute atomic E-state index is 0.0834. The SMILES string of the molecule is CC(=O)c1cccc(NC(=O)COC(=O)c2ccc3c(c2)CCCC3)c1. The van der Waals surface area contributed by atoms with E-state index in [0.29, 0.717) is 16.8 Å². The normalized spacial score (nSPS) is 12.8. The molecule has 0 saturated carbocycles. The van der Waals surface area contributed by atoms with E-state index in [9.17, 15) is 14.4 Å². The number of benzene rings is 2. The number of carbonyl (C=O) groups excluding carboxylic acids is 3. The van der Waals surface area contributed by atoms with Gasteiger partial charge in [-0.15, -0.1) is 0 Å². The standard InChI is InChI=1S/C21H21NO4/c1-14(23)16-7-4-8-19(12-16)22-20(24)13-26-21(25)18-10-9-15-5-2-3-6-17(15)11-18/h4,7-12H,2-3,5-6,13H2,1H3,(H,22,24). The number of ketones is 1. The molecule has 0 aromatic heterocycles. The summed E-state index contributed by atoms with van der Waals surface area (Å²) < 4.78 is 5.11. The van der Waals surface area contributed by atoms with Gasteiger partial charge in [0, 0.05) is 11.3 Å². The minimum atomic E-state index is -0.508. The molecule has 0 bridgehead atoms. The van der Waals surface area contributed by atoms with Crippen LogP contribution in [-0.4, -0.2) is 24.3 Å². The molecule has 1 amide bonds. The fourth-order valence-electron chi connectivity index (χ4n) is 3.09. The van der Waals surface area contributed by atoms with E-state index in [0.717, 1.165) is 19.3 Å². The van der Waals surface area contributed by atoms with Crippen molar-refractivity contribution < 1.29 is 19.1 Å². The summed E-state index contributed by atoms with van der Waals surface area (Å²) in [5, 5.41) is 2.63. The Kier molecular flexibility index (Phi) is 5.46. The number of Topliss-reactive ketones (excluding diaryl/α,β-unsaturated/α-hetero) is 1. The maximum atomic E-state index is 12.2. The van der Waals surface area contributed by atoms with Gasteiger partial charge in [0.25, 0.3) is 5.91 Å². The average Bonchev–Trinajstić information content (AvgIpc) is 2.66. The second-order valence-electron chi connectivity index (χ2n) is 6.45. The van der Waals surface area contributed by atoms with Crippen LogP contribution in [0.1, 0.15) is 51.6 Å². The van der Waals surface area contributed by atoms with E-state index < -0.39 is 11.9 Å². The zero-order valence-electron chi connectivity index (χ0n) is 14.7. The lowest BCUT2D eigenvalue weighted by Crippen LogP contribution is -2.21. The highest BCUT2D eigenvalue weighted by atomic mass is 16.5. The molecule has 2 aromatic carbocycles. The van der Waals surface area contributed by atoms with E-state index in [-0.39, 0.29) is 12.4 Å². The first-order chi connectivity index (χ1) is 12.5. The van der Waals surface area contributed by atoms with Gasteiger partial charge in [-0.2, -0.15) is 0 Å². The summed E-state index contributed by atoms with van der Waals surface area (Å²) in [6, 6.07) is 12.2. The Balaban J connectivity index is 1.56. The van der Waals surface area contributed by atoms with Crippen molar-refractivity contribution in [2.24, 2.45) is 0 Å². The van der Waals surface area contributed by atoms with E-state index in [1.807, 2.05) is 12.1 Å². The van der Waals surface area contributed by atoms with E-state index in [2.05, 4.69) is 5.32 Å². The van der Waals surface area contributed by atoms with E-state index in [1.54, 1.807) is 30.3 Å². The van der Waals surface area contributed by atoms with Crippen LogP contribution < -0.4 is 5.32 Å². The van der Waals surface area contributed by atoms with Gasteiger partial charge in [0.1, 0.15) is 0 Å². The Bertz CT molecular complexity index is 857. The maximum Gasteiger partial charge on any atom is 0.338 e. The summed E-state index contributed by atoms with van der Waals surface area (Å²) in [7, 11) is 0. The fraction of sp³-hybridized carbons (Fsp3) is 0.286. The highest BCUT2D eigenvalue weighted by Crippen LogP contribution is 2.22. The van der Waals surface area contributed by atoms with Gasteiger partial charge in [-0.3, -0.25) is 9.59 Å². The first-order valence-corrected chi connectivity index (χ1v) is 8.73. The van der Waals surface area contributed by atoms with Crippen LogP contribution in [-0.2, 0) is 22.4 Å². The van der Waals surface area contributed by atoms with Crippen LogP contribution in [0.15, 0.2) is 42.5 Å². The van der Waals surface area contributed by atoms with Crippen LogP contribution in [0.2, 0.25) is 0 Å². The third-order valence-corrected chi connectivity index (χ3v) is 4.47. The quantitative estimate of drug-likeness (QED) is 0.660. The average molecular weight is 351 g/mol. The molecule has 1 aliphatic carbocycles. The topological polar surface area (TPSA) is 72.5 Å². The lowest BCUT2D eigenvalue weighted by Gasteiger charge is -2.16. The molecule has 0 atom stereocenters. The molecule has 134 valence electrons. The summed E-state index contributed by atoms with van der Waals surface area (Å²) in [6.07, 6.45) is 4.34. The van der Waals surface area contributed by atoms with E-state index in [1.165, 1.54) is 24.5 Å². The molecule has 5 heteroatoms. The molecule has 0 heterocycles. The zero-order chi connectivity index (χ0) is 18.5. The van der Waals surface area contributed by atoms with Crippen molar-refractivity contribution in [3.8, 4) is 0 Å². The number of amides is 1. The highest BCUT2D eigenvalue weighted by Gasteiger charge is 2.15. The molecule has 3 rings (SSSR count). The summed E-state index contributed by atoms with van der Waals surface area (Å²) in [6.45, 7) is 1.08. The molecule has 1 N–H and O–H groups in total. The van der Waals surface area contributed by atoms with Gasteiger partial charge in [0.05, 0.1) is 5.56 Å². The van der Waals surface area contributed by atoms with Crippen molar-refractivity contribution in [1.29, 1.82) is 0 Å². The third kappa shape index (κ3) is 4.36. The zero-order valence-corrected chi connectivity index (χ0v) is 14.7. The molecule has 0 radical (unpaired) electrons. The number of anilines is 1. The van der Waals surface area contributed by atoms with Crippen molar-refractivity contribution >= 4 is 23.3 Å². The number of hydrogen-bond donors (Lipinski definition) is 1. The van der Waals surface area contributed by atoms with Crippen LogP contribution in [0.4, 0.5) is 5.69 Å². The second kappa shape index (κ2) is 7.95. The lowest BCUT2D eigenvalue weighted by atomic mass is 9.90. The number of hydrogen-bond acceptors (Lipinski definition) is 4. The van der Waals surface area contributed by atoms with Gasteiger partial charge in [0.2, 0.25) is 0 Å². The number of carbonyl (C=O) groups is 3. The number of esters is 1. The van der Waals surface area contributed by atoms with E-state index >= 15 is 0 Å². The molecule has 0 aliphatic heterocycles. The molecule has 5 nitrogen and oxygen atoms in total. The van der Waals surface area contributed by atoms with Crippen LogP contribution in [0.3, 0.4) is 0 Å². The Morgan fingerprint density at radius 3 is 2.50 bits per heavy atom. The number of ether oxygens (including phenoxy) is 1. The Labute approximate surface area is 152 Å². The highest BCUT2D eigenvalue weighted by molar-refractivity contribution is 5.98. The fourth-order valence-corrected chi connectivity index (χ4v) is 3.09. The summed E-state index contributed by atoms with van der Waals surface area (Å²) >= 11 is 0. The first kappa shape index (κ1) is 17.9. The minimum Gasteiger partial charge on any atom is -0.452 e. The largest absolute Gasteiger partial charge is 0.452 e. The Hall–Kier alpha value is -2.95. The van der Waals surface area contributed by atoms with Crippen molar-refractivity contribution in [3.05, 3.63) is 64.7 Å². The number of aryl methyl sites for hydroxylation is 2. The monoisotopic (exact) mass is 351 g/mol. The van der Waals surface area contributed by atoms with Gasteiger partial charge in [-0.1, -0.05) is 18.2 Å². The predicted molar refractivity (Wildman–Crippen MR) is 98.4 cm³/mol. The molecule has 26 heavy (non-hydrogen) atoms. The first-order valence-electron chi connectivity index (χ1n) is 8.73. The summed E-state index contributed by atoms with van der Waals surface area (Å²) in [4.78, 5) is 35.5. The molecular weight excluding hydrogens is 330 g/mol. The van der Waals surface area contributed by atoms with Gasteiger partial charge in [0.15, 0.2) is 12.4 Å². The smallest absolute Gasteiger partial charge is 0.338 e. The summed E-state index contributed by atoms with van der Waals surface area (Å²) in [5.74, 6) is -1.04. The van der Waals surface area contributed by atoms with Crippen LogP contribution >= 0.6 is 0 Å². The summed E-state index contributed by atoms with van der Waals surface area (Å²) in [5.41, 5.74) is 3.95. The second-order valence-corrected chi connectivity index (χ2v) is 6.45. The molecule has 2 aromatic rings. The van der Waals surface area contributed by atoms with Crippen molar-refractivity contribution in [1.82, 2.24) is 0 Å². The lowest BCUT2D eigenvalue weighted by molar-refractivity contribution is -0.119. The molecule has 0 fully saturated rings. The van der Waals surface area contributed by atoms with Crippen molar-refractivity contribution in [2.45, 2.75) is 32.6 Å². The maximum absolute atomic E-state index is 12.2. The van der Waals surface area contributed by atoms with Crippen molar-refractivity contribution in [3.63, 3.8) is 0 Å². The predicted octanol–water partition coefficient (Wildman–Crippen LogP) is 3.56. The van der Waals surface area contributed by atoms with Gasteiger partial charge in [-0.25, -0.2) is 4.79 Å². The van der Waals surface area contributed by atoms with Crippen LogP contribution in [0, 0.1) is 0 Å². The van der Waals surface area contributed by atoms with Gasteiger partial charge < -0.3 is 10.1 Å². The molecule has 0 unspecified atom stereocenters. The number of rotatable bonds is 5. The third-order valence-electron chi connectivity index (χ3n) is 4.47. The number of nitrogens with one attached hydrogen (secondary N) is 1. The van der Waals surface area contributed by atoms with Gasteiger partial charge in [-0.05, 0) is 68.0 Å². The van der Waals surface area contributed by atoms with Crippen LogP contribution in [0.5, 0.6) is 0 Å². The van der Waals surface area contributed by atoms with E-state index in [4.69, 9.17) is 4.74 Å². The molecule has 0 saturated heterocycles. The molecular formula is C21H21NO4. The van der Waals surface area contributed by atoms with Crippen molar-refractivity contribution in [2.75, 3.05) is 11.9 Å².